The summed E-state index contributed by atoms with van der Waals surface area (Å²) in [5.74, 6) is 0. The Kier molecular flexibility index (Phi) is 5.44. The smallest absolute Gasteiger partial charge is 0.293 e. The number of ether oxygens (including phenoxy) is 1. The minimum absolute atomic E-state index is 0.0673. The van der Waals surface area contributed by atoms with Crippen molar-refractivity contribution in [3.05, 3.63) is 28.3 Å². The van der Waals surface area contributed by atoms with Gasteiger partial charge in [0.1, 0.15) is 5.69 Å². The van der Waals surface area contributed by atoms with E-state index in [4.69, 9.17) is 9.88 Å². The number of sulfonamides is 1. The lowest BCUT2D eigenvalue weighted by atomic mass is 9.91. The molecule has 2 heterocycles. The van der Waals surface area contributed by atoms with E-state index in [1.807, 2.05) is 13.8 Å². The zero-order valence-electron chi connectivity index (χ0n) is 15.6. The fourth-order valence-electron chi connectivity index (χ4n) is 4.05. The number of nitrogens with one attached hydrogen (secondary N) is 1. The Labute approximate surface area is 159 Å². The van der Waals surface area contributed by atoms with E-state index in [1.54, 1.807) is 0 Å². The van der Waals surface area contributed by atoms with E-state index in [0.717, 1.165) is 38.4 Å². The van der Waals surface area contributed by atoms with Gasteiger partial charge in [0.2, 0.25) is 10.0 Å². The summed E-state index contributed by atoms with van der Waals surface area (Å²) in [7, 11) is -4.02. The van der Waals surface area contributed by atoms with E-state index in [1.165, 1.54) is 12.1 Å². The van der Waals surface area contributed by atoms with Crippen molar-refractivity contribution >= 4 is 21.4 Å². The van der Waals surface area contributed by atoms with E-state index >= 15 is 0 Å². The van der Waals surface area contributed by atoms with Crippen LogP contribution in [0.3, 0.4) is 0 Å². The average Bonchev–Trinajstić information content (AvgIpc) is 3.07. The molecule has 1 aromatic rings. The van der Waals surface area contributed by atoms with Crippen molar-refractivity contribution in [2.24, 2.45) is 5.14 Å². The van der Waals surface area contributed by atoms with Crippen LogP contribution >= 0.6 is 0 Å². The third-order valence-electron chi connectivity index (χ3n) is 5.24. The predicted molar refractivity (Wildman–Crippen MR) is 101 cm³/mol. The number of anilines is 1. The van der Waals surface area contributed by atoms with Crippen LogP contribution in [0.4, 0.5) is 11.4 Å². The Hall–Kier alpha value is -1.75. The van der Waals surface area contributed by atoms with Crippen molar-refractivity contribution in [3.8, 4) is 0 Å². The zero-order valence-corrected chi connectivity index (χ0v) is 16.4. The lowest BCUT2D eigenvalue weighted by Crippen LogP contribution is -2.51. The SMILES string of the molecule is CC1(C)CC(N(c2ccc(S(N)(=O)=O)cc2[N+](=O)[O-])C2CCNC2)CCO1. The molecule has 0 amide bonds. The van der Waals surface area contributed by atoms with Gasteiger partial charge in [-0.15, -0.1) is 0 Å². The molecule has 2 aliphatic rings. The molecule has 2 saturated heterocycles. The maximum Gasteiger partial charge on any atom is 0.293 e. The molecule has 3 N–H and O–H groups in total. The first kappa shape index (κ1) is 20.0. The number of nitrogens with zero attached hydrogens (tertiary/aromatic N) is 2. The Morgan fingerprint density at radius 3 is 2.63 bits per heavy atom. The highest BCUT2D eigenvalue weighted by molar-refractivity contribution is 7.89. The van der Waals surface area contributed by atoms with Crippen molar-refractivity contribution < 1.29 is 18.1 Å². The molecule has 0 bridgehead atoms. The van der Waals surface area contributed by atoms with E-state index in [-0.39, 0.29) is 28.3 Å². The molecule has 9 nitrogen and oxygen atoms in total. The number of nitro groups is 1. The van der Waals surface area contributed by atoms with Gasteiger partial charge in [-0.2, -0.15) is 0 Å². The van der Waals surface area contributed by atoms with Gasteiger partial charge < -0.3 is 15.0 Å². The molecule has 0 radical (unpaired) electrons. The van der Waals surface area contributed by atoms with Crippen LogP contribution in [0.25, 0.3) is 0 Å². The van der Waals surface area contributed by atoms with Crippen LogP contribution in [0, 0.1) is 10.1 Å². The molecule has 10 heteroatoms. The molecular formula is C17H26N4O5S. The number of benzene rings is 1. The maximum absolute atomic E-state index is 11.7. The van der Waals surface area contributed by atoms with Gasteiger partial charge in [-0.25, -0.2) is 13.6 Å². The molecule has 0 aliphatic carbocycles. The summed E-state index contributed by atoms with van der Waals surface area (Å²) in [6.07, 6.45) is 2.36. The number of primary sulfonamides is 1. The summed E-state index contributed by atoms with van der Waals surface area (Å²) in [5, 5.41) is 20.2. The molecule has 0 aromatic heterocycles. The van der Waals surface area contributed by atoms with Crippen LogP contribution in [0.2, 0.25) is 0 Å². The fraction of sp³-hybridized carbons (Fsp3) is 0.647. The molecule has 0 spiro atoms. The number of hydrogen-bond acceptors (Lipinski definition) is 7. The second-order valence-corrected chi connectivity index (χ2v) is 9.32. The van der Waals surface area contributed by atoms with Crippen molar-refractivity contribution in [2.75, 3.05) is 24.6 Å². The Morgan fingerprint density at radius 2 is 2.07 bits per heavy atom. The highest BCUT2D eigenvalue weighted by Gasteiger charge is 2.38. The number of nitro benzene ring substituents is 1. The summed E-state index contributed by atoms with van der Waals surface area (Å²) in [4.78, 5) is 13.0. The quantitative estimate of drug-likeness (QED) is 0.566. The molecule has 0 saturated carbocycles. The standard InChI is InChI=1S/C17H26N4O5S/c1-17(2)10-12(6-8-26-17)20(13-5-7-19-11-13)15-4-3-14(27(18,24)25)9-16(15)21(22)23/h3-4,9,12-13,19H,5-8,10-11H2,1-2H3,(H2,18,24,25). The zero-order chi connectivity index (χ0) is 19.8. The van der Waals surface area contributed by atoms with Crippen LogP contribution in [-0.2, 0) is 14.8 Å². The van der Waals surface area contributed by atoms with Crippen molar-refractivity contribution in [1.82, 2.24) is 5.32 Å². The van der Waals surface area contributed by atoms with E-state index < -0.39 is 14.9 Å². The highest BCUT2D eigenvalue weighted by Crippen LogP contribution is 2.38. The predicted octanol–water partition coefficient (Wildman–Crippen LogP) is 1.37. The van der Waals surface area contributed by atoms with Gasteiger partial charge in [0.05, 0.1) is 15.4 Å². The molecule has 2 aliphatic heterocycles. The Bertz CT molecular complexity index is 821. The number of nitrogens with two attached hydrogens (primary N) is 1. The molecule has 2 atom stereocenters. The molecule has 1 aromatic carbocycles. The van der Waals surface area contributed by atoms with Crippen LogP contribution in [0.5, 0.6) is 0 Å². The summed E-state index contributed by atoms with van der Waals surface area (Å²) in [6, 6.07) is 4.08. The third-order valence-corrected chi connectivity index (χ3v) is 6.15. The molecule has 3 rings (SSSR count). The van der Waals surface area contributed by atoms with Crippen molar-refractivity contribution in [3.63, 3.8) is 0 Å². The van der Waals surface area contributed by atoms with Crippen molar-refractivity contribution in [2.45, 2.75) is 55.7 Å². The maximum atomic E-state index is 11.7. The monoisotopic (exact) mass is 398 g/mol. The first-order valence-electron chi connectivity index (χ1n) is 9.03. The van der Waals surface area contributed by atoms with Crippen LogP contribution in [0.15, 0.2) is 23.1 Å². The normalized spacial score (nSPS) is 25.3. The van der Waals surface area contributed by atoms with Crippen LogP contribution < -0.4 is 15.4 Å². The van der Waals surface area contributed by atoms with Gasteiger partial charge in [0, 0.05) is 31.3 Å². The van der Waals surface area contributed by atoms with Gasteiger partial charge in [0.15, 0.2) is 0 Å². The minimum Gasteiger partial charge on any atom is -0.375 e. The van der Waals surface area contributed by atoms with Gasteiger partial charge >= 0.3 is 0 Å². The van der Waals surface area contributed by atoms with Gasteiger partial charge in [-0.3, -0.25) is 10.1 Å². The second-order valence-electron chi connectivity index (χ2n) is 7.76. The van der Waals surface area contributed by atoms with Crippen LogP contribution in [0.1, 0.15) is 33.1 Å². The fourth-order valence-corrected chi connectivity index (χ4v) is 4.58. The second kappa shape index (κ2) is 7.34. The van der Waals surface area contributed by atoms with E-state index in [9.17, 15) is 18.5 Å². The van der Waals surface area contributed by atoms with Gasteiger partial charge in [-0.05, 0) is 51.8 Å². The van der Waals surface area contributed by atoms with Gasteiger partial charge in [0.25, 0.3) is 5.69 Å². The molecule has 27 heavy (non-hydrogen) atoms. The summed E-state index contributed by atoms with van der Waals surface area (Å²) < 4.78 is 29.1. The number of hydrogen-bond donors (Lipinski definition) is 2. The Balaban J connectivity index is 2.07. The average molecular weight is 398 g/mol. The van der Waals surface area contributed by atoms with Crippen LogP contribution in [-0.4, -0.2) is 50.7 Å². The molecule has 2 unspecified atom stereocenters. The molecule has 150 valence electrons. The minimum atomic E-state index is -4.02. The van der Waals surface area contributed by atoms with E-state index in [0.29, 0.717) is 12.3 Å². The molecule has 2 fully saturated rings. The summed E-state index contributed by atoms with van der Waals surface area (Å²) in [5.41, 5.74) is -0.121. The topological polar surface area (TPSA) is 128 Å². The Morgan fingerprint density at radius 1 is 1.33 bits per heavy atom. The first-order valence-corrected chi connectivity index (χ1v) is 10.6. The summed E-state index contributed by atoms with van der Waals surface area (Å²) >= 11 is 0. The largest absolute Gasteiger partial charge is 0.375 e. The van der Waals surface area contributed by atoms with Crippen molar-refractivity contribution in [1.29, 1.82) is 0 Å². The summed E-state index contributed by atoms with van der Waals surface area (Å²) in [6.45, 7) is 6.19. The molecular weight excluding hydrogens is 372 g/mol. The lowest BCUT2D eigenvalue weighted by molar-refractivity contribution is -0.384. The third kappa shape index (κ3) is 4.40. The van der Waals surface area contributed by atoms with E-state index in [2.05, 4.69) is 10.2 Å². The number of rotatable bonds is 5. The lowest BCUT2D eigenvalue weighted by Gasteiger charge is -2.44. The highest BCUT2D eigenvalue weighted by atomic mass is 32.2. The first-order chi connectivity index (χ1) is 12.6. The van der Waals surface area contributed by atoms with Gasteiger partial charge in [-0.1, -0.05) is 0 Å².